The summed E-state index contributed by atoms with van der Waals surface area (Å²) in [6.07, 6.45) is 2.64. The second-order valence-corrected chi connectivity index (χ2v) is 3.83. The molecular formula is C12H16ClNO. The third-order valence-electron chi connectivity index (χ3n) is 2.04. The molecule has 0 amide bonds. The molecule has 1 atom stereocenters. The number of hydrogen-bond acceptors (Lipinski definition) is 2. The molecule has 0 radical (unpaired) electrons. The van der Waals surface area contributed by atoms with Gasteiger partial charge in [-0.3, -0.25) is 0 Å². The molecule has 0 aromatic heterocycles. The molecule has 0 spiro atoms. The van der Waals surface area contributed by atoms with Gasteiger partial charge in [0.05, 0.1) is 6.61 Å². The van der Waals surface area contributed by atoms with Crippen LogP contribution in [0.25, 0.3) is 0 Å². The minimum Gasteiger partial charge on any atom is -0.493 e. The summed E-state index contributed by atoms with van der Waals surface area (Å²) in [5, 5.41) is 0.679. The van der Waals surface area contributed by atoms with Gasteiger partial charge in [-0.1, -0.05) is 17.7 Å². The molecule has 0 heterocycles. The first-order chi connectivity index (χ1) is 7.15. The standard InChI is InChI=1S/C12H16ClNO/c1-3-4-7-15-12-6-5-10(13)8-11(12)9(2)14/h3,5-6,8-9H,1,4,7,14H2,2H3. The summed E-state index contributed by atoms with van der Waals surface area (Å²) in [7, 11) is 0. The molecule has 1 aromatic rings. The highest BCUT2D eigenvalue weighted by Gasteiger charge is 2.08. The van der Waals surface area contributed by atoms with Gasteiger partial charge in [-0.15, -0.1) is 6.58 Å². The van der Waals surface area contributed by atoms with E-state index in [2.05, 4.69) is 6.58 Å². The molecule has 0 saturated heterocycles. The van der Waals surface area contributed by atoms with Crippen molar-refractivity contribution in [2.24, 2.45) is 5.73 Å². The molecule has 2 nitrogen and oxygen atoms in total. The van der Waals surface area contributed by atoms with E-state index in [0.717, 1.165) is 17.7 Å². The van der Waals surface area contributed by atoms with Gasteiger partial charge in [0, 0.05) is 16.6 Å². The lowest BCUT2D eigenvalue weighted by atomic mass is 10.1. The Kier molecular flexibility index (Phi) is 4.66. The molecule has 0 saturated carbocycles. The number of nitrogens with two attached hydrogens (primary N) is 1. The molecule has 1 unspecified atom stereocenters. The first kappa shape index (κ1) is 12.1. The Hall–Kier alpha value is -0.990. The molecule has 82 valence electrons. The van der Waals surface area contributed by atoms with Gasteiger partial charge in [0.25, 0.3) is 0 Å². The van der Waals surface area contributed by atoms with Crippen molar-refractivity contribution in [1.29, 1.82) is 0 Å². The van der Waals surface area contributed by atoms with Crippen molar-refractivity contribution in [3.05, 3.63) is 41.4 Å². The Morgan fingerprint density at radius 3 is 2.93 bits per heavy atom. The molecular weight excluding hydrogens is 210 g/mol. The van der Waals surface area contributed by atoms with E-state index in [4.69, 9.17) is 22.1 Å². The Bertz CT molecular complexity index is 336. The number of ether oxygens (including phenoxy) is 1. The van der Waals surface area contributed by atoms with E-state index in [1.807, 2.05) is 25.1 Å². The molecule has 15 heavy (non-hydrogen) atoms. The summed E-state index contributed by atoms with van der Waals surface area (Å²) in [5.74, 6) is 0.802. The molecule has 2 N–H and O–H groups in total. The van der Waals surface area contributed by atoms with Gasteiger partial charge in [-0.25, -0.2) is 0 Å². The van der Waals surface area contributed by atoms with Crippen molar-refractivity contribution in [3.8, 4) is 5.75 Å². The van der Waals surface area contributed by atoms with E-state index >= 15 is 0 Å². The lowest BCUT2D eigenvalue weighted by Gasteiger charge is -2.13. The second-order valence-electron chi connectivity index (χ2n) is 3.40. The van der Waals surface area contributed by atoms with Crippen molar-refractivity contribution in [2.45, 2.75) is 19.4 Å². The number of benzene rings is 1. The molecule has 0 aliphatic carbocycles. The zero-order chi connectivity index (χ0) is 11.3. The van der Waals surface area contributed by atoms with Crippen LogP contribution in [-0.2, 0) is 0 Å². The predicted molar refractivity (Wildman–Crippen MR) is 64.4 cm³/mol. The van der Waals surface area contributed by atoms with Crippen molar-refractivity contribution >= 4 is 11.6 Å². The molecule has 1 rings (SSSR count). The normalized spacial score (nSPS) is 12.2. The van der Waals surface area contributed by atoms with E-state index in [1.165, 1.54) is 0 Å². The highest BCUT2D eigenvalue weighted by Crippen LogP contribution is 2.27. The lowest BCUT2D eigenvalue weighted by Crippen LogP contribution is -2.08. The first-order valence-corrected chi connectivity index (χ1v) is 5.31. The maximum atomic E-state index is 5.89. The van der Waals surface area contributed by atoms with Crippen LogP contribution in [-0.4, -0.2) is 6.61 Å². The van der Waals surface area contributed by atoms with Gasteiger partial charge in [0.2, 0.25) is 0 Å². The van der Waals surface area contributed by atoms with Crippen LogP contribution < -0.4 is 10.5 Å². The summed E-state index contributed by atoms with van der Waals surface area (Å²) in [6, 6.07) is 5.42. The number of rotatable bonds is 5. The summed E-state index contributed by atoms with van der Waals surface area (Å²) in [5.41, 5.74) is 6.77. The van der Waals surface area contributed by atoms with Crippen LogP contribution in [0.5, 0.6) is 5.75 Å². The maximum Gasteiger partial charge on any atom is 0.124 e. The smallest absolute Gasteiger partial charge is 0.124 e. The molecule has 0 bridgehead atoms. The Labute approximate surface area is 95.7 Å². The van der Waals surface area contributed by atoms with Gasteiger partial charge in [-0.05, 0) is 31.5 Å². The molecule has 1 aromatic carbocycles. The highest BCUT2D eigenvalue weighted by molar-refractivity contribution is 6.30. The largest absolute Gasteiger partial charge is 0.493 e. The average molecular weight is 226 g/mol. The third kappa shape index (κ3) is 3.57. The van der Waals surface area contributed by atoms with E-state index in [0.29, 0.717) is 11.6 Å². The van der Waals surface area contributed by atoms with Crippen molar-refractivity contribution in [1.82, 2.24) is 0 Å². The zero-order valence-electron chi connectivity index (χ0n) is 8.87. The monoisotopic (exact) mass is 225 g/mol. The van der Waals surface area contributed by atoms with Crippen LogP contribution in [0.1, 0.15) is 24.9 Å². The Morgan fingerprint density at radius 2 is 2.33 bits per heavy atom. The van der Waals surface area contributed by atoms with E-state index in [9.17, 15) is 0 Å². The van der Waals surface area contributed by atoms with Gasteiger partial charge in [-0.2, -0.15) is 0 Å². The molecule has 3 heteroatoms. The number of halogens is 1. The topological polar surface area (TPSA) is 35.2 Å². The van der Waals surface area contributed by atoms with E-state index in [1.54, 1.807) is 6.07 Å². The van der Waals surface area contributed by atoms with Gasteiger partial charge in [0.1, 0.15) is 5.75 Å². The van der Waals surface area contributed by atoms with E-state index < -0.39 is 0 Å². The summed E-state index contributed by atoms with van der Waals surface area (Å²) < 4.78 is 5.58. The fourth-order valence-electron chi connectivity index (χ4n) is 1.26. The third-order valence-corrected chi connectivity index (χ3v) is 2.28. The van der Waals surface area contributed by atoms with Crippen molar-refractivity contribution < 1.29 is 4.74 Å². The predicted octanol–water partition coefficient (Wildman–Crippen LogP) is 3.31. The van der Waals surface area contributed by atoms with Crippen LogP contribution in [0.2, 0.25) is 5.02 Å². The van der Waals surface area contributed by atoms with Crippen LogP contribution in [0.4, 0.5) is 0 Å². The van der Waals surface area contributed by atoms with Crippen molar-refractivity contribution in [3.63, 3.8) is 0 Å². The van der Waals surface area contributed by atoms with Crippen LogP contribution in [0.15, 0.2) is 30.9 Å². The van der Waals surface area contributed by atoms with Gasteiger partial charge in [0.15, 0.2) is 0 Å². The van der Waals surface area contributed by atoms with Crippen LogP contribution in [0, 0.1) is 0 Å². The highest BCUT2D eigenvalue weighted by atomic mass is 35.5. The van der Waals surface area contributed by atoms with Crippen LogP contribution >= 0.6 is 11.6 Å². The SMILES string of the molecule is C=CCCOc1ccc(Cl)cc1C(C)N. The van der Waals surface area contributed by atoms with Crippen LogP contribution in [0.3, 0.4) is 0 Å². The van der Waals surface area contributed by atoms with E-state index in [-0.39, 0.29) is 6.04 Å². The van der Waals surface area contributed by atoms with Crippen molar-refractivity contribution in [2.75, 3.05) is 6.61 Å². The van der Waals surface area contributed by atoms with Gasteiger partial charge >= 0.3 is 0 Å². The lowest BCUT2D eigenvalue weighted by molar-refractivity contribution is 0.320. The molecule has 0 aliphatic heterocycles. The fourth-order valence-corrected chi connectivity index (χ4v) is 1.44. The molecule has 0 fully saturated rings. The zero-order valence-corrected chi connectivity index (χ0v) is 9.63. The summed E-state index contributed by atoms with van der Waals surface area (Å²) >= 11 is 5.89. The average Bonchev–Trinajstić information content (AvgIpc) is 2.20. The number of hydrogen-bond donors (Lipinski definition) is 1. The maximum absolute atomic E-state index is 5.89. The Morgan fingerprint density at radius 1 is 1.60 bits per heavy atom. The quantitative estimate of drug-likeness (QED) is 0.616. The minimum absolute atomic E-state index is 0.0811. The fraction of sp³-hybridized carbons (Fsp3) is 0.333. The minimum atomic E-state index is -0.0811. The second kappa shape index (κ2) is 5.79. The Balaban J connectivity index is 2.81. The molecule has 0 aliphatic rings. The summed E-state index contributed by atoms with van der Waals surface area (Å²) in [4.78, 5) is 0. The van der Waals surface area contributed by atoms with Gasteiger partial charge < -0.3 is 10.5 Å². The first-order valence-electron chi connectivity index (χ1n) is 4.94. The summed E-state index contributed by atoms with van der Waals surface area (Å²) in [6.45, 7) is 6.16.